The molecule has 1 heterocycles. The number of nitrogens with zero attached hydrogens (tertiary/aromatic N) is 2. The van der Waals surface area contributed by atoms with Crippen LogP contribution in [0.1, 0.15) is 25.8 Å². The monoisotopic (exact) mass is 290 g/mol. The summed E-state index contributed by atoms with van der Waals surface area (Å²) < 4.78 is 4.63. The van der Waals surface area contributed by atoms with Crippen molar-refractivity contribution in [2.75, 3.05) is 7.11 Å². The van der Waals surface area contributed by atoms with Gasteiger partial charge < -0.3 is 9.84 Å². The Hall–Kier alpha value is -2.21. The van der Waals surface area contributed by atoms with Gasteiger partial charge in [0.1, 0.15) is 0 Å². The minimum Gasteiger partial charge on any atom is -0.465 e. The predicted octanol–water partition coefficient (Wildman–Crippen LogP) is 1.14. The number of amides is 1. The van der Waals surface area contributed by atoms with Crippen molar-refractivity contribution in [1.29, 1.82) is 0 Å². The van der Waals surface area contributed by atoms with Gasteiger partial charge in [0.05, 0.1) is 19.2 Å². The molecule has 0 aliphatic carbocycles. The molecular formula is C15H18N2O4. The van der Waals surface area contributed by atoms with E-state index < -0.39 is 23.5 Å². The minimum absolute atomic E-state index is 0.0951. The molecule has 0 fully saturated rings. The molecule has 0 radical (unpaired) electrons. The lowest BCUT2D eigenvalue weighted by Gasteiger charge is -2.29. The van der Waals surface area contributed by atoms with E-state index in [1.54, 1.807) is 26.0 Å². The second-order valence-electron chi connectivity index (χ2n) is 5.20. The first-order chi connectivity index (χ1) is 9.90. The third-order valence-electron chi connectivity index (χ3n) is 3.31. The number of esters is 1. The molecule has 6 heteroatoms. The summed E-state index contributed by atoms with van der Waals surface area (Å²) in [6.45, 7) is 3.35. The lowest BCUT2D eigenvalue weighted by atomic mass is 10.0. The molecule has 0 aromatic heterocycles. The maximum atomic E-state index is 12.2. The van der Waals surface area contributed by atoms with E-state index in [-0.39, 0.29) is 6.42 Å². The van der Waals surface area contributed by atoms with Crippen molar-refractivity contribution in [3.8, 4) is 0 Å². The van der Waals surface area contributed by atoms with Crippen molar-refractivity contribution in [3.05, 3.63) is 35.9 Å². The van der Waals surface area contributed by atoms with E-state index in [4.69, 9.17) is 0 Å². The Morgan fingerprint density at radius 2 is 1.95 bits per heavy atom. The second kappa shape index (κ2) is 5.65. The maximum absolute atomic E-state index is 12.2. The Morgan fingerprint density at radius 1 is 1.33 bits per heavy atom. The summed E-state index contributed by atoms with van der Waals surface area (Å²) >= 11 is 0. The van der Waals surface area contributed by atoms with E-state index >= 15 is 0 Å². The number of carbonyl (C=O) groups excluding carboxylic acids is 2. The van der Waals surface area contributed by atoms with E-state index in [0.29, 0.717) is 5.71 Å². The summed E-state index contributed by atoms with van der Waals surface area (Å²) in [6.07, 6.45) is -0.0951. The molecule has 1 amide bonds. The maximum Gasteiger partial charge on any atom is 0.361 e. The summed E-state index contributed by atoms with van der Waals surface area (Å²) in [6, 6.07) is 9.10. The SMILES string of the molecule is COC(=O)C1(O)CC(c2ccccc2)=NN1C(=O)C(C)C. The van der Waals surface area contributed by atoms with Crippen LogP contribution >= 0.6 is 0 Å². The first-order valence-electron chi connectivity index (χ1n) is 6.68. The Bertz CT molecular complexity index is 583. The van der Waals surface area contributed by atoms with Gasteiger partial charge >= 0.3 is 5.97 Å². The largest absolute Gasteiger partial charge is 0.465 e. The molecule has 1 aliphatic rings. The van der Waals surface area contributed by atoms with Crippen LogP contribution in [0.5, 0.6) is 0 Å². The van der Waals surface area contributed by atoms with Gasteiger partial charge in [0.25, 0.3) is 5.72 Å². The number of rotatable bonds is 3. The Kier molecular flexibility index (Phi) is 4.09. The number of hydrogen-bond acceptors (Lipinski definition) is 5. The molecule has 1 atom stereocenters. The van der Waals surface area contributed by atoms with Gasteiger partial charge in [-0.05, 0) is 5.56 Å². The molecule has 1 unspecified atom stereocenters. The molecule has 21 heavy (non-hydrogen) atoms. The molecule has 0 saturated heterocycles. The highest BCUT2D eigenvalue weighted by Gasteiger charge is 2.52. The fourth-order valence-corrected chi connectivity index (χ4v) is 2.14. The lowest BCUT2D eigenvalue weighted by molar-refractivity contribution is -0.188. The Morgan fingerprint density at radius 3 is 2.48 bits per heavy atom. The Balaban J connectivity index is 2.42. The van der Waals surface area contributed by atoms with Crippen molar-refractivity contribution < 1.29 is 19.4 Å². The number of aliphatic hydroxyl groups is 1. The number of methoxy groups -OCH3 is 1. The van der Waals surface area contributed by atoms with Crippen LogP contribution in [-0.4, -0.2) is 40.5 Å². The highest BCUT2D eigenvalue weighted by molar-refractivity contribution is 6.07. The molecule has 0 bridgehead atoms. The van der Waals surface area contributed by atoms with Crippen LogP contribution in [0.4, 0.5) is 0 Å². The van der Waals surface area contributed by atoms with Crippen LogP contribution in [-0.2, 0) is 14.3 Å². The molecule has 112 valence electrons. The molecule has 0 saturated carbocycles. The van der Waals surface area contributed by atoms with Crippen LogP contribution in [0, 0.1) is 5.92 Å². The van der Waals surface area contributed by atoms with E-state index in [9.17, 15) is 14.7 Å². The smallest absolute Gasteiger partial charge is 0.361 e. The quantitative estimate of drug-likeness (QED) is 0.847. The van der Waals surface area contributed by atoms with E-state index in [0.717, 1.165) is 10.6 Å². The summed E-state index contributed by atoms with van der Waals surface area (Å²) in [5.74, 6) is -1.74. The molecule has 1 aromatic rings. The molecular weight excluding hydrogens is 272 g/mol. The van der Waals surface area contributed by atoms with Crippen molar-refractivity contribution in [2.45, 2.75) is 26.0 Å². The molecule has 2 rings (SSSR count). The molecule has 0 spiro atoms. The van der Waals surface area contributed by atoms with Gasteiger partial charge in [-0.25, -0.2) is 4.79 Å². The van der Waals surface area contributed by atoms with Gasteiger partial charge in [-0.2, -0.15) is 10.1 Å². The second-order valence-corrected chi connectivity index (χ2v) is 5.20. The van der Waals surface area contributed by atoms with Crippen LogP contribution in [0.15, 0.2) is 35.4 Å². The minimum atomic E-state index is -2.08. The molecule has 1 aliphatic heterocycles. The third kappa shape index (κ3) is 2.67. The van der Waals surface area contributed by atoms with Crippen LogP contribution in [0.25, 0.3) is 0 Å². The number of hydrazone groups is 1. The van der Waals surface area contributed by atoms with Gasteiger partial charge in [0, 0.05) is 5.92 Å². The predicted molar refractivity (Wildman–Crippen MR) is 76.2 cm³/mol. The van der Waals surface area contributed by atoms with Crippen LogP contribution < -0.4 is 0 Å². The topological polar surface area (TPSA) is 79.2 Å². The first-order valence-corrected chi connectivity index (χ1v) is 6.68. The van der Waals surface area contributed by atoms with Crippen LogP contribution in [0.3, 0.4) is 0 Å². The number of benzene rings is 1. The lowest BCUT2D eigenvalue weighted by Crippen LogP contribution is -2.53. The average Bonchev–Trinajstić information content (AvgIpc) is 2.85. The number of ether oxygens (including phenoxy) is 1. The summed E-state index contributed by atoms with van der Waals surface area (Å²) in [5, 5.41) is 15.6. The van der Waals surface area contributed by atoms with Crippen molar-refractivity contribution >= 4 is 17.6 Å². The van der Waals surface area contributed by atoms with E-state index in [1.165, 1.54) is 7.11 Å². The number of hydrogen-bond donors (Lipinski definition) is 1. The van der Waals surface area contributed by atoms with Gasteiger partial charge in [0.2, 0.25) is 5.91 Å². The van der Waals surface area contributed by atoms with Crippen molar-refractivity contribution in [3.63, 3.8) is 0 Å². The highest BCUT2D eigenvalue weighted by atomic mass is 16.5. The fraction of sp³-hybridized carbons (Fsp3) is 0.400. The normalized spacial score (nSPS) is 21.4. The fourth-order valence-electron chi connectivity index (χ4n) is 2.14. The average molecular weight is 290 g/mol. The zero-order chi connectivity index (χ0) is 15.6. The molecule has 1 aromatic carbocycles. The standard InChI is InChI=1S/C15H18N2O4/c1-10(2)13(18)17-15(20,14(19)21-3)9-12(16-17)11-7-5-4-6-8-11/h4-8,10,20H,9H2,1-3H3. The highest BCUT2D eigenvalue weighted by Crippen LogP contribution is 2.30. The van der Waals surface area contributed by atoms with Gasteiger partial charge in [-0.15, -0.1) is 0 Å². The summed E-state index contributed by atoms with van der Waals surface area (Å²) in [7, 11) is 1.17. The van der Waals surface area contributed by atoms with Gasteiger partial charge in [-0.3, -0.25) is 4.79 Å². The zero-order valence-corrected chi connectivity index (χ0v) is 12.2. The van der Waals surface area contributed by atoms with Crippen LogP contribution in [0.2, 0.25) is 0 Å². The summed E-state index contributed by atoms with van der Waals surface area (Å²) in [5.41, 5.74) is -0.863. The van der Waals surface area contributed by atoms with Gasteiger partial charge in [-0.1, -0.05) is 44.2 Å². The Labute approximate surface area is 123 Å². The molecule has 1 N–H and O–H groups in total. The van der Waals surface area contributed by atoms with E-state index in [2.05, 4.69) is 9.84 Å². The van der Waals surface area contributed by atoms with E-state index in [1.807, 2.05) is 18.2 Å². The van der Waals surface area contributed by atoms with Crippen molar-refractivity contribution in [1.82, 2.24) is 5.01 Å². The van der Waals surface area contributed by atoms with Gasteiger partial charge in [0.15, 0.2) is 0 Å². The first kappa shape index (κ1) is 15.2. The summed E-state index contributed by atoms with van der Waals surface area (Å²) in [4.78, 5) is 24.1. The van der Waals surface area contributed by atoms with Crippen molar-refractivity contribution in [2.24, 2.45) is 11.0 Å². The number of carbonyl (C=O) groups is 2. The zero-order valence-electron chi connectivity index (χ0n) is 12.2. The molecule has 6 nitrogen and oxygen atoms in total. The third-order valence-corrected chi connectivity index (χ3v) is 3.31.